The Morgan fingerprint density at radius 2 is 2.29 bits per heavy atom. The molecule has 0 aromatic heterocycles. The number of nitrogens with one attached hydrogen (secondary N) is 1. The Morgan fingerprint density at radius 3 is 2.79 bits per heavy atom. The van der Waals surface area contributed by atoms with E-state index in [1.165, 1.54) is 19.2 Å². The lowest BCUT2D eigenvalue weighted by Crippen LogP contribution is -2.27. The third-order valence-corrected chi connectivity index (χ3v) is 1.41. The highest BCUT2D eigenvalue weighted by atomic mass is 16.5. The summed E-state index contributed by atoms with van der Waals surface area (Å²) in [5.41, 5.74) is -1.30. The highest BCUT2D eigenvalue weighted by Crippen LogP contribution is 2.11. The fourth-order valence-electron chi connectivity index (χ4n) is 0.830. The van der Waals surface area contributed by atoms with E-state index < -0.39 is 11.6 Å². The largest absolute Gasteiger partial charge is 0.466 e. The zero-order valence-corrected chi connectivity index (χ0v) is 8.32. The summed E-state index contributed by atoms with van der Waals surface area (Å²) >= 11 is 0. The second-order valence-corrected chi connectivity index (χ2v) is 2.96. The maximum Gasteiger partial charge on any atom is 0.309 e. The van der Waals surface area contributed by atoms with Crippen LogP contribution in [0, 0.1) is 0 Å². The standard InChI is InChI=1S/C9H15NO4/c1-3-14-8(12)6-9(2,13)4-5-10-7-11/h4-5,7,13H,3,6H2,1-2H3,(H,10,11). The summed E-state index contributed by atoms with van der Waals surface area (Å²) in [5.74, 6) is -0.478. The first-order valence-electron chi connectivity index (χ1n) is 4.27. The maximum absolute atomic E-state index is 11.0. The summed E-state index contributed by atoms with van der Waals surface area (Å²) in [6.07, 6.45) is 2.92. The number of carbonyl (C=O) groups is 2. The maximum atomic E-state index is 11.0. The van der Waals surface area contributed by atoms with Crippen molar-refractivity contribution in [3.05, 3.63) is 12.3 Å². The van der Waals surface area contributed by atoms with Crippen molar-refractivity contribution in [2.75, 3.05) is 6.61 Å². The number of rotatable bonds is 6. The summed E-state index contributed by atoms with van der Waals surface area (Å²) in [4.78, 5) is 20.9. The minimum absolute atomic E-state index is 0.141. The molecule has 0 heterocycles. The van der Waals surface area contributed by atoms with Crippen molar-refractivity contribution in [1.82, 2.24) is 5.32 Å². The molecule has 0 aliphatic carbocycles. The van der Waals surface area contributed by atoms with Crippen LogP contribution >= 0.6 is 0 Å². The van der Waals surface area contributed by atoms with Crippen molar-refractivity contribution in [3.8, 4) is 0 Å². The zero-order chi connectivity index (χ0) is 11.0. The molecule has 0 saturated heterocycles. The van der Waals surface area contributed by atoms with Gasteiger partial charge in [0.2, 0.25) is 6.41 Å². The molecule has 0 rings (SSSR count). The number of carbonyl (C=O) groups excluding carboxylic acids is 2. The lowest BCUT2D eigenvalue weighted by Gasteiger charge is -2.17. The average molecular weight is 201 g/mol. The monoisotopic (exact) mass is 201 g/mol. The van der Waals surface area contributed by atoms with Crippen LogP contribution < -0.4 is 5.32 Å². The Morgan fingerprint density at radius 1 is 1.64 bits per heavy atom. The van der Waals surface area contributed by atoms with E-state index in [0.29, 0.717) is 6.41 Å². The van der Waals surface area contributed by atoms with Crippen LogP contribution in [0.3, 0.4) is 0 Å². The molecule has 5 nitrogen and oxygen atoms in total. The van der Waals surface area contributed by atoms with Gasteiger partial charge in [0, 0.05) is 6.20 Å². The number of hydrogen-bond acceptors (Lipinski definition) is 4. The molecule has 1 atom stereocenters. The summed E-state index contributed by atoms with van der Waals surface area (Å²) < 4.78 is 4.66. The van der Waals surface area contributed by atoms with Gasteiger partial charge in [0.05, 0.1) is 18.6 Å². The molecule has 0 aromatic carbocycles. The Hall–Kier alpha value is -1.36. The van der Waals surface area contributed by atoms with Gasteiger partial charge in [-0.25, -0.2) is 0 Å². The molecular formula is C9H15NO4. The molecule has 0 bridgehead atoms. The first-order chi connectivity index (χ1) is 6.52. The van der Waals surface area contributed by atoms with Crippen LogP contribution in [0.2, 0.25) is 0 Å². The summed E-state index contributed by atoms with van der Waals surface area (Å²) in [6.45, 7) is 3.43. The molecule has 2 N–H and O–H groups in total. The lowest BCUT2D eigenvalue weighted by atomic mass is 10.0. The predicted octanol–water partition coefficient (Wildman–Crippen LogP) is -0.0497. The quantitative estimate of drug-likeness (QED) is 0.466. The van der Waals surface area contributed by atoms with Crippen molar-refractivity contribution < 1.29 is 19.4 Å². The van der Waals surface area contributed by atoms with Gasteiger partial charge < -0.3 is 15.2 Å². The van der Waals surface area contributed by atoms with E-state index in [1.807, 2.05) is 0 Å². The fraction of sp³-hybridized carbons (Fsp3) is 0.556. The number of amides is 1. The van der Waals surface area contributed by atoms with Crippen molar-refractivity contribution in [3.63, 3.8) is 0 Å². The highest BCUT2D eigenvalue weighted by molar-refractivity contribution is 5.71. The molecule has 0 aliphatic rings. The zero-order valence-electron chi connectivity index (χ0n) is 8.32. The second kappa shape index (κ2) is 6.15. The van der Waals surface area contributed by atoms with E-state index in [2.05, 4.69) is 10.1 Å². The van der Waals surface area contributed by atoms with E-state index in [-0.39, 0.29) is 13.0 Å². The first kappa shape index (κ1) is 12.6. The lowest BCUT2D eigenvalue weighted by molar-refractivity contribution is -0.146. The third kappa shape index (κ3) is 6.19. The van der Waals surface area contributed by atoms with E-state index in [4.69, 9.17) is 0 Å². The van der Waals surface area contributed by atoms with Gasteiger partial charge in [0.15, 0.2) is 0 Å². The fourth-order valence-corrected chi connectivity index (χ4v) is 0.830. The summed E-state index contributed by atoms with van der Waals surface area (Å²) in [7, 11) is 0. The minimum atomic E-state index is -1.30. The van der Waals surface area contributed by atoms with Gasteiger partial charge in [0.1, 0.15) is 0 Å². The van der Waals surface area contributed by atoms with Crippen molar-refractivity contribution >= 4 is 12.4 Å². The van der Waals surface area contributed by atoms with Gasteiger partial charge in [-0.05, 0) is 19.9 Å². The van der Waals surface area contributed by atoms with E-state index >= 15 is 0 Å². The van der Waals surface area contributed by atoms with Crippen LogP contribution in [0.1, 0.15) is 20.3 Å². The molecule has 5 heteroatoms. The molecule has 80 valence electrons. The molecular weight excluding hydrogens is 186 g/mol. The average Bonchev–Trinajstić information content (AvgIpc) is 2.03. The molecule has 14 heavy (non-hydrogen) atoms. The van der Waals surface area contributed by atoms with Crippen molar-refractivity contribution in [1.29, 1.82) is 0 Å². The van der Waals surface area contributed by atoms with E-state index in [0.717, 1.165) is 0 Å². The molecule has 0 spiro atoms. The first-order valence-corrected chi connectivity index (χ1v) is 4.27. The van der Waals surface area contributed by atoms with Crippen LogP contribution in [0.15, 0.2) is 12.3 Å². The minimum Gasteiger partial charge on any atom is -0.466 e. The highest BCUT2D eigenvalue weighted by Gasteiger charge is 2.21. The van der Waals surface area contributed by atoms with Crippen LogP contribution in [0.5, 0.6) is 0 Å². The molecule has 0 radical (unpaired) electrons. The van der Waals surface area contributed by atoms with Gasteiger partial charge in [-0.3, -0.25) is 9.59 Å². The number of esters is 1. The SMILES string of the molecule is CCOC(=O)CC(C)(O)C=CNC=O. The van der Waals surface area contributed by atoms with E-state index in [9.17, 15) is 14.7 Å². The molecule has 0 saturated carbocycles. The number of aliphatic hydroxyl groups is 1. The van der Waals surface area contributed by atoms with Crippen LogP contribution in [0.4, 0.5) is 0 Å². The van der Waals surface area contributed by atoms with Gasteiger partial charge in [-0.15, -0.1) is 0 Å². The molecule has 0 aromatic rings. The smallest absolute Gasteiger partial charge is 0.309 e. The van der Waals surface area contributed by atoms with E-state index in [1.54, 1.807) is 6.92 Å². The van der Waals surface area contributed by atoms with Gasteiger partial charge in [0.25, 0.3) is 0 Å². The number of ether oxygens (including phenoxy) is 1. The topological polar surface area (TPSA) is 75.6 Å². The Labute approximate surface area is 82.7 Å². The predicted molar refractivity (Wildman–Crippen MR) is 50.2 cm³/mol. The second-order valence-electron chi connectivity index (χ2n) is 2.96. The van der Waals surface area contributed by atoms with Crippen LogP contribution in [-0.4, -0.2) is 29.7 Å². The van der Waals surface area contributed by atoms with Gasteiger partial charge in [-0.1, -0.05) is 0 Å². The van der Waals surface area contributed by atoms with Crippen LogP contribution in [-0.2, 0) is 14.3 Å². The normalized spacial score (nSPS) is 14.8. The molecule has 0 fully saturated rings. The van der Waals surface area contributed by atoms with Crippen LogP contribution in [0.25, 0.3) is 0 Å². The number of hydrogen-bond donors (Lipinski definition) is 2. The van der Waals surface area contributed by atoms with Gasteiger partial charge in [-0.2, -0.15) is 0 Å². The molecule has 0 aliphatic heterocycles. The molecule has 1 amide bonds. The van der Waals surface area contributed by atoms with Crippen molar-refractivity contribution in [2.24, 2.45) is 0 Å². The summed E-state index contributed by atoms with van der Waals surface area (Å²) in [6, 6.07) is 0. The van der Waals surface area contributed by atoms with Gasteiger partial charge >= 0.3 is 5.97 Å². The Kier molecular flexibility index (Phi) is 5.55. The third-order valence-electron chi connectivity index (χ3n) is 1.41. The Balaban J connectivity index is 4.05. The summed E-state index contributed by atoms with van der Waals surface area (Å²) in [5, 5.41) is 11.8. The van der Waals surface area contributed by atoms with Crippen molar-refractivity contribution in [2.45, 2.75) is 25.9 Å². The molecule has 1 unspecified atom stereocenters. The Bertz CT molecular complexity index is 223.